The number of benzene rings is 1. The van der Waals surface area contributed by atoms with Gasteiger partial charge < -0.3 is 19.4 Å². The summed E-state index contributed by atoms with van der Waals surface area (Å²) in [6.07, 6.45) is 3.77. The molecule has 150 valence electrons. The Morgan fingerprint density at radius 3 is 2.71 bits per heavy atom. The van der Waals surface area contributed by atoms with Crippen molar-refractivity contribution in [2.75, 3.05) is 45.9 Å². The second-order valence-electron chi connectivity index (χ2n) is 7.42. The number of morpholine rings is 1. The molecule has 0 saturated carbocycles. The standard InChI is InChI=1S/C22H30N4O2/c1-2-5-19(6-3-1)17-24-22(23-10-8-21-7-4-14-28-21)26-11-9-20(18-26)25-12-15-27-16-13-25/h1-7,14,20H,8-13,15-18H2,(H,23,24). The van der Waals surface area contributed by atoms with Crippen molar-refractivity contribution in [3.05, 3.63) is 60.1 Å². The van der Waals surface area contributed by atoms with E-state index in [0.717, 1.165) is 64.1 Å². The summed E-state index contributed by atoms with van der Waals surface area (Å²) >= 11 is 0. The van der Waals surface area contributed by atoms with Crippen molar-refractivity contribution in [1.29, 1.82) is 0 Å². The number of nitrogens with one attached hydrogen (secondary N) is 1. The maximum absolute atomic E-state index is 5.51. The molecular formula is C22H30N4O2. The van der Waals surface area contributed by atoms with Crippen LogP contribution in [0.25, 0.3) is 0 Å². The maximum atomic E-state index is 5.51. The van der Waals surface area contributed by atoms with E-state index in [1.807, 2.05) is 18.2 Å². The van der Waals surface area contributed by atoms with Crippen LogP contribution in [0.1, 0.15) is 17.7 Å². The van der Waals surface area contributed by atoms with Crippen molar-refractivity contribution in [2.24, 2.45) is 4.99 Å². The molecule has 1 aromatic carbocycles. The molecule has 0 radical (unpaired) electrons. The van der Waals surface area contributed by atoms with Crippen molar-refractivity contribution < 1.29 is 9.15 Å². The molecule has 1 atom stereocenters. The number of rotatable bonds is 6. The summed E-state index contributed by atoms with van der Waals surface area (Å²) in [5, 5.41) is 3.57. The quantitative estimate of drug-likeness (QED) is 0.614. The first kappa shape index (κ1) is 19.0. The van der Waals surface area contributed by atoms with Gasteiger partial charge in [-0.05, 0) is 24.1 Å². The number of guanidine groups is 1. The molecule has 6 nitrogen and oxygen atoms in total. The minimum absolute atomic E-state index is 0.595. The maximum Gasteiger partial charge on any atom is 0.194 e. The third-order valence-corrected chi connectivity index (χ3v) is 5.51. The number of hydrogen-bond donors (Lipinski definition) is 1. The lowest BCUT2D eigenvalue weighted by molar-refractivity contribution is 0.0195. The highest BCUT2D eigenvalue weighted by atomic mass is 16.5. The van der Waals surface area contributed by atoms with Gasteiger partial charge in [-0.3, -0.25) is 4.90 Å². The molecule has 6 heteroatoms. The van der Waals surface area contributed by atoms with E-state index < -0.39 is 0 Å². The van der Waals surface area contributed by atoms with Crippen LogP contribution in [0.15, 0.2) is 58.1 Å². The van der Waals surface area contributed by atoms with Gasteiger partial charge in [0.1, 0.15) is 5.76 Å². The average Bonchev–Trinajstić information content (AvgIpc) is 3.44. The fourth-order valence-corrected chi connectivity index (χ4v) is 3.94. The van der Waals surface area contributed by atoms with E-state index in [4.69, 9.17) is 14.1 Å². The van der Waals surface area contributed by atoms with Crippen LogP contribution >= 0.6 is 0 Å². The second kappa shape index (κ2) is 9.75. The molecular weight excluding hydrogens is 352 g/mol. The third-order valence-electron chi connectivity index (χ3n) is 5.51. The number of hydrogen-bond acceptors (Lipinski definition) is 4. The lowest BCUT2D eigenvalue weighted by atomic mass is 10.2. The van der Waals surface area contributed by atoms with Crippen LogP contribution in [0.5, 0.6) is 0 Å². The number of aliphatic imine (C=N–C) groups is 1. The van der Waals surface area contributed by atoms with Gasteiger partial charge in [0, 0.05) is 45.2 Å². The molecule has 3 heterocycles. The molecule has 1 N–H and O–H groups in total. The number of likely N-dealkylation sites (tertiary alicyclic amines) is 1. The number of nitrogens with zero attached hydrogens (tertiary/aromatic N) is 3. The molecule has 4 rings (SSSR count). The summed E-state index contributed by atoms with van der Waals surface area (Å²) in [7, 11) is 0. The molecule has 2 aliphatic rings. The van der Waals surface area contributed by atoms with Crippen molar-refractivity contribution in [3.63, 3.8) is 0 Å². The molecule has 2 aromatic rings. The Balaban J connectivity index is 1.38. The molecule has 1 unspecified atom stereocenters. The lowest BCUT2D eigenvalue weighted by Crippen LogP contribution is -2.47. The Labute approximate surface area is 167 Å². The minimum atomic E-state index is 0.595. The van der Waals surface area contributed by atoms with Gasteiger partial charge in [0.25, 0.3) is 0 Å². The predicted octanol–water partition coefficient (Wildman–Crippen LogP) is 2.37. The molecule has 1 aromatic heterocycles. The summed E-state index contributed by atoms with van der Waals surface area (Å²) in [6.45, 7) is 7.38. The Kier molecular flexibility index (Phi) is 6.63. The lowest BCUT2D eigenvalue weighted by Gasteiger charge is -2.32. The summed E-state index contributed by atoms with van der Waals surface area (Å²) < 4.78 is 11.0. The van der Waals surface area contributed by atoms with Crippen LogP contribution in [-0.2, 0) is 17.7 Å². The molecule has 2 fully saturated rings. The SMILES string of the molecule is c1ccc(CN=C(NCCc2ccco2)N2CCC(N3CCOCC3)C2)cc1. The number of furan rings is 1. The van der Waals surface area contributed by atoms with Gasteiger partial charge >= 0.3 is 0 Å². The fraction of sp³-hybridized carbons (Fsp3) is 0.500. The first-order chi connectivity index (χ1) is 13.9. The predicted molar refractivity (Wildman–Crippen MR) is 110 cm³/mol. The van der Waals surface area contributed by atoms with Crippen LogP contribution in [0.2, 0.25) is 0 Å². The summed E-state index contributed by atoms with van der Waals surface area (Å²) in [4.78, 5) is 9.91. The van der Waals surface area contributed by atoms with Gasteiger partial charge in [-0.15, -0.1) is 0 Å². The van der Waals surface area contributed by atoms with Crippen LogP contribution in [0.4, 0.5) is 0 Å². The van der Waals surface area contributed by atoms with E-state index in [1.165, 1.54) is 12.0 Å². The summed E-state index contributed by atoms with van der Waals surface area (Å²) in [5.41, 5.74) is 1.23. The van der Waals surface area contributed by atoms with Crippen LogP contribution in [0, 0.1) is 0 Å². The Morgan fingerprint density at radius 1 is 1.07 bits per heavy atom. The first-order valence-corrected chi connectivity index (χ1v) is 10.3. The van der Waals surface area contributed by atoms with Gasteiger partial charge in [-0.25, -0.2) is 4.99 Å². The Hall–Kier alpha value is -2.31. The highest BCUT2D eigenvalue weighted by Crippen LogP contribution is 2.17. The molecule has 2 saturated heterocycles. The summed E-state index contributed by atoms with van der Waals surface area (Å²) in [6, 6.07) is 15.0. The molecule has 0 aliphatic carbocycles. The van der Waals surface area contributed by atoms with Crippen molar-refractivity contribution in [2.45, 2.75) is 25.4 Å². The zero-order valence-electron chi connectivity index (χ0n) is 16.4. The molecule has 0 spiro atoms. The third kappa shape index (κ3) is 5.14. The summed E-state index contributed by atoms with van der Waals surface area (Å²) in [5.74, 6) is 2.01. The normalized spacial score (nSPS) is 21.2. The van der Waals surface area contributed by atoms with Crippen molar-refractivity contribution >= 4 is 5.96 Å². The van der Waals surface area contributed by atoms with Gasteiger partial charge in [0.15, 0.2) is 5.96 Å². The van der Waals surface area contributed by atoms with Crippen LogP contribution < -0.4 is 5.32 Å². The Morgan fingerprint density at radius 2 is 1.93 bits per heavy atom. The minimum Gasteiger partial charge on any atom is -0.469 e. The fourth-order valence-electron chi connectivity index (χ4n) is 3.94. The largest absolute Gasteiger partial charge is 0.469 e. The monoisotopic (exact) mass is 382 g/mol. The number of ether oxygens (including phenoxy) is 1. The molecule has 0 bridgehead atoms. The van der Waals surface area contributed by atoms with Gasteiger partial charge in [-0.1, -0.05) is 30.3 Å². The molecule has 28 heavy (non-hydrogen) atoms. The van der Waals surface area contributed by atoms with E-state index in [1.54, 1.807) is 6.26 Å². The van der Waals surface area contributed by atoms with Gasteiger partial charge in [-0.2, -0.15) is 0 Å². The molecule has 0 amide bonds. The zero-order valence-corrected chi connectivity index (χ0v) is 16.4. The van der Waals surface area contributed by atoms with E-state index in [2.05, 4.69) is 39.4 Å². The van der Waals surface area contributed by atoms with Crippen LogP contribution in [0.3, 0.4) is 0 Å². The Bertz CT molecular complexity index is 726. The highest BCUT2D eigenvalue weighted by Gasteiger charge is 2.30. The second-order valence-corrected chi connectivity index (χ2v) is 7.42. The van der Waals surface area contributed by atoms with Gasteiger partial charge in [0.2, 0.25) is 0 Å². The highest BCUT2D eigenvalue weighted by molar-refractivity contribution is 5.80. The first-order valence-electron chi connectivity index (χ1n) is 10.3. The van der Waals surface area contributed by atoms with Crippen molar-refractivity contribution in [3.8, 4) is 0 Å². The van der Waals surface area contributed by atoms with E-state index >= 15 is 0 Å². The zero-order chi connectivity index (χ0) is 19.0. The van der Waals surface area contributed by atoms with E-state index in [9.17, 15) is 0 Å². The van der Waals surface area contributed by atoms with E-state index in [0.29, 0.717) is 12.6 Å². The van der Waals surface area contributed by atoms with Crippen LogP contribution in [-0.4, -0.2) is 67.7 Å². The van der Waals surface area contributed by atoms with Crippen molar-refractivity contribution in [1.82, 2.24) is 15.1 Å². The average molecular weight is 383 g/mol. The topological polar surface area (TPSA) is 53.2 Å². The molecule has 2 aliphatic heterocycles. The van der Waals surface area contributed by atoms with E-state index in [-0.39, 0.29) is 0 Å². The van der Waals surface area contributed by atoms with Gasteiger partial charge in [0.05, 0.1) is 26.0 Å². The smallest absolute Gasteiger partial charge is 0.194 e.